The number of hydrogen-bond acceptors (Lipinski definition) is 2. The SMILES string of the molecule is CC([C@@H]1C[C@H]1c1ccccc1)C(C)(C)OC(N)=O. The van der Waals surface area contributed by atoms with E-state index in [4.69, 9.17) is 10.5 Å². The number of carbonyl (C=O) groups excluding carboxylic acids is 1. The van der Waals surface area contributed by atoms with Crippen LogP contribution in [0.4, 0.5) is 4.79 Å². The van der Waals surface area contributed by atoms with E-state index in [1.807, 2.05) is 19.9 Å². The maximum atomic E-state index is 10.9. The highest BCUT2D eigenvalue weighted by Gasteiger charge is 2.48. The summed E-state index contributed by atoms with van der Waals surface area (Å²) in [6, 6.07) is 10.5. The predicted octanol–water partition coefficient (Wildman–Crippen LogP) is 3.30. The third-order valence-corrected chi connectivity index (χ3v) is 4.17. The Balaban J connectivity index is 2.01. The summed E-state index contributed by atoms with van der Waals surface area (Å²) in [5, 5.41) is 0. The molecule has 1 aromatic carbocycles. The van der Waals surface area contributed by atoms with E-state index in [9.17, 15) is 4.79 Å². The molecule has 0 aliphatic heterocycles. The van der Waals surface area contributed by atoms with Gasteiger partial charge in [0.1, 0.15) is 5.60 Å². The molecule has 1 aliphatic carbocycles. The fraction of sp³-hybridized carbons (Fsp3) is 0.533. The molecule has 0 aromatic heterocycles. The van der Waals surface area contributed by atoms with Crippen LogP contribution in [-0.4, -0.2) is 11.7 Å². The van der Waals surface area contributed by atoms with Crippen LogP contribution in [0.1, 0.15) is 38.7 Å². The quantitative estimate of drug-likeness (QED) is 0.887. The number of hydrogen-bond donors (Lipinski definition) is 1. The van der Waals surface area contributed by atoms with Gasteiger partial charge in [0.15, 0.2) is 0 Å². The van der Waals surface area contributed by atoms with E-state index in [2.05, 4.69) is 31.2 Å². The van der Waals surface area contributed by atoms with Crippen LogP contribution in [0.2, 0.25) is 0 Å². The van der Waals surface area contributed by atoms with Crippen molar-refractivity contribution in [3.8, 4) is 0 Å². The van der Waals surface area contributed by atoms with E-state index < -0.39 is 11.7 Å². The second-order valence-corrected chi connectivity index (χ2v) is 5.73. The second-order valence-electron chi connectivity index (χ2n) is 5.73. The molecule has 98 valence electrons. The molecule has 1 aromatic rings. The van der Waals surface area contributed by atoms with Crippen LogP contribution in [0.5, 0.6) is 0 Å². The molecular formula is C15H21NO2. The number of rotatable bonds is 4. The largest absolute Gasteiger partial charge is 0.443 e. The topological polar surface area (TPSA) is 52.3 Å². The average Bonchev–Trinajstić information content (AvgIpc) is 3.07. The van der Waals surface area contributed by atoms with Crippen LogP contribution < -0.4 is 5.73 Å². The van der Waals surface area contributed by atoms with Crippen molar-refractivity contribution in [1.29, 1.82) is 0 Å². The molecule has 3 nitrogen and oxygen atoms in total. The van der Waals surface area contributed by atoms with Gasteiger partial charge in [0.2, 0.25) is 0 Å². The number of benzene rings is 1. The molecule has 0 spiro atoms. The molecule has 3 atom stereocenters. The summed E-state index contributed by atoms with van der Waals surface area (Å²) in [5.74, 6) is 1.47. The number of carbonyl (C=O) groups is 1. The van der Waals surface area contributed by atoms with Gasteiger partial charge < -0.3 is 10.5 Å². The Bertz CT molecular complexity index is 427. The molecule has 0 saturated heterocycles. The standard InChI is InChI=1S/C15H21NO2/c1-10(15(2,3)18-14(16)17)12-9-13(12)11-7-5-4-6-8-11/h4-8,10,12-13H,9H2,1-3H3,(H2,16,17)/t10?,12-,13-/m0/s1. The van der Waals surface area contributed by atoms with E-state index in [0.29, 0.717) is 17.8 Å². The Hall–Kier alpha value is -1.51. The monoisotopic (exact) mass is 247 g/mol. The number of ether oxygens (including phenoxy) is 1. The Morgan fingerprint density at radius 2 is 2.00 bits per heavy atom. The summed E-state index contributed by atoms with van der Waals surface area (Å²) >= 11 is 0. The normalized spacial score (nSPS) is 24.4. The molecule has 1 fully saturated rings. The van der Waals surface area contributed by atoms with Gasteiger partial charge in [-0.15, -0.1) is 0 Å². The van der Waals surface area contributed by atoms with Gasteiger partial charge in [0, 0.05) is 0 Å². The van der Waals surface area contributed by atoms with Gasteiger partial charge in [-0.1, -0.05) is 37.3 Å². The summed E-state index contributed by atoms with van der Waals surface area (Å²) in [4.78, 5) is 10.9. The van der Waals surface area contributed by atoms with Gasteiger partial charge in [-0.3, -0.25) is 0 Å². The number of primary amides is 1. The third kappa shape index (κ3) is 2.66. The van der Waals surface area contributed by atoms with Crippen LogP contribution in [0.15, 0.2) is 30.3 Å². The van der Waals surface area contributed by atoms with E-state index in [1.165, 1.54) is 5.56 Å². The Morgan fingerprint density at radius 3 is 2.56 bits per heavy atom. The van der Waals surface area contributed by atoms with Gasteiger partial charge in [0.25, 0.3) is 0 Å². The molecule has 0 radical (unpaired) electrons. The number of nitrogens with two attached hydrogens (primary N) is 1. The summed E-state index contributed by atoms with van der Waals surface area (Å²) < 4.78 is 5.22. The zero-order valence-corrected chi connectivity index (χ0v) is 11.2. The minimum atomic E-state index is -0.691. The van der Waals surface area contributed by atoms with Crippen molar-refractivity contribution < 1.29 is 9.53 Å². The summed E-state index contributed by atoms with van der Waals surface area (Å²) in [6.07, 6.45) is 0.472. The molecule has 0 bridgehead atoms. The fourth-order valence-corrected chi connectivity index (χ4v) is 2.72. The predicted molar refractivity (Wildman–Crippen MR) is 71.2 cm³/mol. The molecule has 1 saturated carbocycles. The first kappa shape index (κ1) is 12.9. The van der Waals surface area contributed by atoms with E-state index in [-0.39, 0.29) is 0 Å². The van der Waals surface area contributed by atoms with Crippen LogP contribution in [0.3, 0.4) is 0 Å². The van der Waals surface area contributed by atoms with Crippen LogP contribution in [0, 0.1) is 11.8 Å². The minimum Gasteiger partial charge on any atom is -0.443 e. The minimum absolute atomic E-state index is 0.301. The highest BCUT2D eigenvalue weighted by molar-refractivity contribution is 5.65. The smallest absolute Gasteiger partial charge is 0.405 e. The zero-order valence-electron chi connectivity index (χ0n) is 11.2. The lowest BCUT2D eigenvalue weighted by Crippen LogP contribution is -2.38. The van der Waals surface area contributed by atoms with Crippen LogP contribution in [-0.2, 0) is 4.74 Å². The molecule has 0 heterocycles. The maximum absolute atomic E-state index is 10.9. The van der Waals surface area contributed by atoms with Crippen LogP contribution in [0.25, 0.3) is 0 Å². The van der Waals surface area contributed by atoms with Gasteiger partial charge in [-0.2, -0.15) is 0 Å². The lowest BCUT2D eigenvalue weighted by Gasteiger charge is -2.31. The molecule has 1 amide bonds. The number of amides is 1. The molecule has 3 heteroatoms. The Morgan fingerprint density at radius 1 is 1.39 bits per heavy atom. The first-order valence-electron chi connectivity index (χ1n) is 6.45. The van der Waals surface area contributed by atoms with Crippen molar-refractivity contribution in [2.75, 3.05) is 0 Å². The van der Waals surface area contributed by atoms with E-state index in [1.54, 1.807) is 0 Å². The summed E-state index contributed by atoms with van der Waals surface area (Å²) in [7, 11) is 0. The molecule has 1 aliphatic rings. The second kappa shape index (κ2) is 4.63. The van der Waals surface area contributed by atoms with Crippen molar-refractivity contribution >= 4 is 6.09 Å². The van der Waals surface area contributed by atoms with Crippen LogP contribution >= 0.6 is 0 Å². The van der Waals surface area contributed by atoms with Gasteiger partial charge >= 0.3 is 6.09 Å². The first-order chi connectivity index (χ1) is 8.42. The lowest BCUT2D eigenvalue weighted by atomic mass is 9.86. The van der Waals surface area contributed by atoms with Crippen molar-refractivity contribution in [1.82, 2.24) is 0 Å². The van der Waals surface area contributed by atoms with Crippen molar-refractivity contribution in [3.05, 3.63) is 35.9 Å². The van der Waals surface area contributed by atoms with Gasteiger partial charge in [-0.05, 0) is 43.6 Å². The highest BCUT2D eigenvalue weighted by Crippen LogP contribution is 2.54. The Labute approximate surface area is 108 Å². The fourth-order valence-electron chi connectivity index (χ4n) is 2.72. The molecule has 18 heavy (non-hydrogen) atoms. The van der Waals surface area contributed by atoms with Crippen molar-refractivity contribution in [2.24, 2.45) is 17.6 Å². The maximum Gasteiger partial charge on any atom is 0.405 e. The first-order valence-corrected chi connectivity index (χ1v) is 6.45. The van der Waals surface area contributed by atoms with Crippen molar-refractivity contribution in [3.63, 3.8) is 0 Å². The summed E-state index contributed by atoms with van der Waals surface area (Å²) in [6.45, 7) is 6.00. The zero-order chi connectivity index (χ0) is 13.3. The van der Waals surface area contributed by atoms with Gasteiger partial charge in [0.05, 0.1) is 0 Å². The highest BCUT2D eigenvalue weighted by atomic mass is 16.6. The molecule has 1 unspecified atom stereocenters. The molecule has 2 rings (SSSR count). The van der Waals surface area contributed by atoms with E-state index in [0.717, 1.165) is 6.42 Å². The third-order valence-electron chi connectivity index (χ3n) is 4.17. The molecule has 2 N–H and O–H groups in total. The van der Waals surface area contributed by atoms with Crippen molar-refractivity contribution in [2.45, 2.75) is 38.7 Å². The summed E-state index contributed by atoms with van der Waals surface area (Å²) in [5.41, 5.74) is 6.00. The average molecular weight is 247 g/mol. The van der Waals surface area contributed by atoms with E-state index >= 15 is 0 Å². The molecular weight excluding hydrogens is 226 g/mol. The Kier molecular flexibility index (Phi) is 3.33. The lowest BCUT2D eigenvalue weighted by molar-refractivity contribution is -0.00329. The van der Waals surface area contributed by atoms with Gasteiger partial charge in [-0.25, -0.2) is 4.79 Å².